The lowest BCUT2D eigenvalue weighted by Crippen LogP contribution is -1.92. The highest BCUT2D eigenvalue weighted by molar-refractivity contribution is 6.31. The number of phenolic OH excluding ortho intramolecular Hbond substituents is 2. The van der Waals surface area contributed by atoms with E-state index >= 15 is 0 Å². The molecule has 4 aromatic rings. The molecule has 0 aliphatic heterocycles. The second-order valence-electron chi connectivity index (χ2n) is 8.27. The van der Waals surface area contributed by atoms with Crippen LogP contribution in [-0.4, -0.2) is 32.5 Å². The zero-order valence-electron chi connectivity index (χ0n) is 19.9. The zero-order chi connectivity index (χ0) is 28.1. The van der Waals surface area contributed by atoms with Crippen molar-refractivity contribution in [1.29, 1.82) is 0 Å². The molecule has 0 bridgehead atoms. The molecule has 0 unspecified atom stereocenters. The highest BCUT2D eigenvalue weighted by Gasteiger charge is 2.18. The predicted octanol–water partition coefficient (Wildman–Crippen LogP) is 7.31. The van der Waals surface area contributed by atoms with Gasteiger partial charge in [0.05, 0.1) is 21.2 Å². The second kappa shape index (κ2) is 11.7. The lowest BCUT2D eigenvalue weighted by molar-refractivity contribution is -0.386. The SMILES string of the molecule is O=[N+]([O-])c1cc(Cl)cc(C=Nc2ccc(Cc3ccc(N=Cc4cc(Cl)cc([N+](=O)[O-])c4O)cc3)cc2)c1O. The fourth-order valence-electron chi connectivity index (χ4n) is 3.61. The molecule has 0 heterocycles. The van der Waals surface area contributed by atoms with E-state index in [1.165, 1.54) is 24.6 Å². The number of nitro benzene ring substituents is 2. The van der Waals surface area contributed by atoms with Crippen LogP contribution in [0.25, 0.3) is 0 Å². The molecule has 4 rings (SSSR count). The number of aliphatic imine (C=N–C) groups is 2. The fraction of sp³-hybridized carbons (Fsp3) is 0.0370. The van der Waals surface area contributed by atoms with Crippen molar-refractivity contribution in [2.75, 3.05) is 0 Å². The van der Waals surface area contributed by atoms with Crippen LogP contribution in [0.4, 0.5) is 22.7 Å². The monoisotopic (exact) mass is 564 g/mol. The van der Waals surface area contributed by atoms with E-state index in [1.54, 1.807) is 24.3 Å². The van der Waals surface area contributed by atoms with E-state index in [4.69, 9.17) is 23.2 Å². The van der Waals surface area contributed by atoms with Gasteiger partial charge in [0.2, 0.25) is 11.5 Å². The molecule has 0 spiro atoms. The van der Waals surface area contributed by atoms with E-state index in [0.29, 0.717) is 17.8 Å². The first kappa shape index (κ1) is 27.2. The number of nitrogens with zero attached hydrogens (tertiary/aromatic N) is 4. The average molecular weight is 565 g/mol. The number of hydrogen-bond acceptors (Lipinski definition) is 8. The van der Waals surface area contributed by atoms with Crippen LogP contribution >= 0.6 is 23.2 Å². The molecule has 0 amide bonds. The predicted molar refractivity (Wildman–Crippen MR) is 150 cm³/mol. The molecule has 196 valence electrons. The number of nitro groups is 2. The summed E-state index contributed by atoms with van der Waals surface area (Å²) in [6.07, 6.45) is 3.24. The Kier molecular flexibility index (Phi) is 8.18. The van der Waals surface area contributed by atoms with Crippen molar-refractivity contribution < 1.29 is 20.1 Å². The smallest absolute Gasteiger partial charge is 0.312 e. The lowest BCUT2D eigenvalue weighted by Gasteiger charge is -2.04. The maximum atomic E-state index is 11.1. The van der Waals surface area contributed by atoms with Gasteiger partial charge in [0, 0.05) is 45.7 Å². The molecule has 0 atom stereocenters. The largest absolute Gasteiger partial charge is 0.502 e. The Labute approximate surface area is 231 Å². The number of hydrogen-bond donors (Lipinski definition) is 2. The Bertz CT molecular complexity index is 1500. The van der Waals surface area contributed by atoms with Crippen LogP contribution in [0.2, 0.25) is 10.0 Å². The summed E-state index contributed by atoms with van der Waals surface area (Å²) in [5.74, 6) is -1.02. The van der Waals surface area contributed by atoms with Crippen molar-refractivity contribution in [2.24, 2.45) is 9.98 Å². The first-order valence-electron chi connectivity index (χ1n) is 11.2. The third-order valence-corrected chi connectivity index (χ3v) is 5.98. The van der Waals surface area contributed by atoms with Crippen LogP contribution < -0.4 is 0 Å². The van der Waals surface area contributed by atoms with Crippen molar-refractivity contribution in [3.63, 3.8) is 0 Å². The molecule has 0 radical (unpaired) electrons. The van der Waals surface area contributed by atoms with E-state index in [1.807, 2.05) is 24.3 Å². The van der Waals surface area contributed by atoms with E-state index in [2.05, 4.69) is 9.98 Å². The van der Waals surface area contributed by atoms with Crippen LogP contribution in [0, 0.1) is 20.2 Å². The quantitative estimate of drug-likeness (QED) is 0.130. The molecule has 10 nitrogen and oxygen atoms in total. The van der Waals surface area contributed by atoms with Gasteiger partial charge in [0.25, 0.3) is 0 Å². The Morgan fingerprint density at radius 3 is 1.36 bits per heavy atom. The van der Waals surface area contributed by atoms with Crippen molar-refractivity contribution in [1.82, 2.24) is 0 Å². The van der Waals surface area contributed by atoms with Crippen LogP contribution in [0.3, 0.4) is 0 Å². The third kappa shape index (κ3) is 6.75. The summed E-state index contributed by atoms with van der Waals surface area (Å²) in [5.41, 5.74) is 2.43. The standard InChI is InChI=1S/C27H18Cl2N4O6/c28-20-10-18(26(34)24(12-20)32(36)37)14-30-22-5-1-16(2-6-22)9-17-3-7-23(8-4-17)31-15-19-11-21(29)13-25(27(19)35)33(38)39/h1-8,10-15,34-35H,9H2. The Hall–Kier alpha value is -4.80. The maximum absolute atomic E-state index is 11.1. The second-order valence-corrected chi connectivity index (χ2v) is 9.14. The molecule has 0 aliphatic rings. The summed E-state index contributed by atoms with van der Waals surface area (Å²) >= 11 is 11.8. The summed E-state index contributed by atoms with van der Waals surface area (Å²) < 4.78 is 0. The molecule has 12 heteroatoms. The Balaban J connectivity index is 1.42. The van der Waals surface area contributed by atoms with Crippen molar-refractivity contribution >= 4 is 58.4 Å². The van der Waals surface area contributed by atoms with Crippen molar-refractivity contribution in [3.8, 4) is 11.5 Å². The molecule has 0 saturated heterocycles. The number of benzene rings is 4. The van der Waals surface area contributed by atoms with Gasteiger partial charge in [-0.25, -0.2) is 0 Å². The van der Waals surface area contributed by atoms with Crippen LogP contribution in [0.15, 0.2) is 82.8 Å². The van der Waals surface area contributed by atoms with E-state index < -0.39 is 32.7 Å². The van der Waals surface area contributed by atoms with Gasteiger partial charge in [-0.15, -0.1) is 0 Å². The van der Waals surface area contributed by atoms with Crippen LogP contribution in [0.1, 0.15) is 22.3 Å². The van der Waals surface area contributed by atoms with Crippen LogP contribution in [0.5, 0.6) is 11.5 Å². The highest BCUT2D eigenvalue weighted by Crippen LogP contribution is 2.34. The Morgan fingerprint density at radius 1 is 0.667 bits per heavy atom. The minimum Gasteiger partial charge on any atom is -0.502 e. The average Bonchev–Trinajstić information content (AvgIpc) is 2.90. The van der Waals surface area contributed by atoms with E-state index in [0.717, 1.165) is 23.3 Å². The first-order valence-corrected chi connectivity index (χ1v) is 12.0. The van der Waals surface area contributed by atoms with E-state index in [-0.39, 0.29) is 21.2 Å². The molecule has 0 aliphatic carbocycles. The summed E-state index contributed by atoms with van der Waals surface area (Å²) in [5, 5.41) is 42.5. The van der Waals surface area contributed by atoms with Gasteiger partial charge in [-0.05, 0) is 53.9 Å². The van der Waals surface area contributed by atoms with Gasteiger partial charge >= 0.3 is 11.4 Å². The molecule has 0 fully saturated rings. The molecule has 0 aromatic heterocycles. The summed E-state index contributed by atoms with van der Waals surface area (Å²) in [4.78, 5) is 29.2. The zero-order valence-corrected chi connectivity index (χ0v) is 21.4. The molecular formula is C27H18Cl2N4O6. The maximum Gasteiger partial charge on any atom is 0.312 e. The van der Waals surface area contributed by atoms with Crippen molar-refractivity contribution in [3.05, 3.63) is 125 Å². The number of halogens is 2. The first-order chi connectivity index (χ1) is 18.6. The van der Waals surface area contributed by atoms with Crippen LogP contribution in [-0.2, 0) is 6.42 Å². The lowest BCUT2D eigenvalue weighted by atomic mass is 10.0. The molecule has 0 saturated carbocycles. The van der Waals surface area contributed by atoms with E-state index in [9.17, 15) is 30.4 Å². The summed E-state index contributed by atoms with van der Waals surface area (Å²) in [6.45, 7) is 0. The van der Waals surface area contributed by atoms with Gasteiger partial charge in [-0.3, -0.25) is 30.2 Å². The minimum absolute atomic E-state index is 0.111. The van der Waals surface area contributed by atoms with Crippen molar-refractivity contribution in [2.45, 2.75) is 6.42 Å². The molecular weight excluding hydrogens is 547 g/mol. The number of rotatable bonds is 8. The number of aromatic hydroxyl groups is 2. The number of phenols is 2. The van der Waals surface area contributed by atoms with Gasteiger partial charge in [0.1, 0.15) is 0 Å². The fourth-order valence-corrected chi connectivity index (χ4v) is 4.05. The molecule has 4 aromatic carbocycles. The molecule has 2 N–H and O–H groups in total. The normalized spacial score (nSPS) is 11.3. The minimum atomic E-state index is -0.718. The summed E-state index contributed by atoms with van der Waals surface area (Å²) in [7, 11) is 0. The molecule has 39 heavy (non-hydrogen) atoms. The Morgan fingerprint density at radius 2 is 1.03 bits per heavy atom. The third-order valence-electron chi connectivity index (χ3n) is 5.55. The van der Waals surface area contributed by atoms with Gasteiger partial charge in [0.15, 0.2) is 0 Å². The van der Waals surface area contributed by atoms with Gasteiger partial charge < -0.3 is 10.2 Å². The topological polar surface area (TPSA) is 151 Å². The van der Waals surface area contributed by atoms with Gasteiger partial charge in [-0.1, -0.05) is 47.5 Å². The highest BCUT2D eigenvalue weighted by atomic mass is 35.5. The van der Waals surface area contributed by atoms with Gasteiger partial charge in [-0.2, -0.15) is 0 Å². The summed E-state index contributed by atoms with van der Waals surface area (Å²) in [6, 6.07) is 19.5.